The van der Waals surface area contributed by atoms with Crippen LogP contribution in [0.2, 0.25) is 0 Å². The van der Waals surface area contributed by atoms with Crippen LogP contribution in [-0.2, 0) is 13.0 Å². The van der Waals surface area contributed by atoms with Crippen LogP contribution in [0, 0.1) is 6.92 Å². The van der Waals surface area contributed by atoms with Gasteiger partial charge in [0.25, 0.3) is 5.91 Å². The van der Waals surface area contributed by atoms with E-state index in [4.69, 9.17) is 4.74 Å². The van der Waals surface area contributed by atoms with Gasteiger partial charge in [-0.3, -0.25) is 4.79 Å². The number of amides is 1. The molecular formula is C16H19N3O2. The fourth-order valence-electron chi connectivity index (χ4n) is 2.69. The zero-order valence-corrected chi connectivity index (χ0v) is 12.3. The van der Waals surface area contributed by atoms with E-state index in [1.54, 1.807) is 19.4 Å². The van der Waals surface area contributed by atoms with Crippen molar-refractivity contribution in [2.75, 3.05) is 12.4 Å². The second-order valence-corrected chi connectivity index (χ2v) is 5.33. The van der Waals surface area contributed by atoms with Crippen LogP contribution in [0.25, 0.3) is 0 Å². The molecule has 21 heavy (non-hydrogen) atoms. The number of anilines is 1. The van der Waals surface area contributed by atoms with Crippen molar-refractivity contribution in [3.8, 4) is 5.75 Å². The van der Waals surface area contributed by atoms with Crippen LogP contribution in [0.5, 0.6) is 5.75 Å². The van der Waals surface area contributed by atoms with Gasteiger partial charge in [0.05, 0.1) is 18.9 Å². The summed E-state index contributed by atoms with van der Waals surface area (Å²) in [6.45, 7) is 2.88. The molecule has 1 N–H and O–H groups in total. The highest BCUT2D eigenvalue weighted by Gasteiger charge is 2.18. The number of nitrogens with zero attached hydrogens (tertiary/aromatic N) is 2. The first kappa shape index (κ1) is 13.7. The number of ether oxygens (including phenoxy) is 1. The number of carbonyl (C=O) groups is 1. The average molecular weight is 285 g/mol. The van der Waals surface area contributed by atoms with E-state index in [1.165, 1.54) is 0 Å². The highest BCUT2D eigenvalue weighted by atomic mass is 16.5. The first-order valence-electron chi connectivity index (χ1n) is 7.19. The SMILES string of the molecule is COc1cc(C)ccc1C(=O)Nc1cnc2n1CCCC2. The van der Waals surface area contributed by atoms with Gasteiger partial charge in [-0.1, -0.05) is 6.07 Å². The standard InChI is InChI=1S/C16H19N3O2/c1-11-6-7-12(13(9-11)21-2)16(20)18-15-10-17-14-5-3-4-8-19(14)15/h6-7,9-10H,3-5,8H2,1-2H3,(H,18,20). The Balaban J connectivity index is 1.85. The molecule has 3 rings (SSSR count). The third kappa shape index (κ3) is 2.63. The molecule has 0 saturated heterocycles. The minimum Gasteiger partial charge on any atom is -0.496 e. The Morgan fingerprint density at radius 1 is 1.38 bits per heavy atom. The van der Waals surface area contributed by atoms with Crippen molar-refractivity contribution < 1.29 is 9.53 Å². The van der Waals surface area contributed by atoms with Gasteiger partial charge in [-0.2, -0.15) is 0 Å². The van der Waals surface area contributed by atoms with Crippen molar-refractivity contribution in [1.29, 1.82) is 0 Å². The van der Waals surface area contributed by atoms with Gasteiger partial charge in [-0.25, -0.2) is 4.98 Å². The summed E-state index contributed by atoms with van der Waals surface area (Å²) in [4.78, 5) is 16.8. The number of nitrogens with one attached hydrogen (secondary N) is 1. The second kappa shape index (κ2) is 5.60. The molecule has 0 bridgehead atoms. The molecule has 5 nitrogen and oxygen atoms in total. The summed E-state index contributed by atoms with van der Waals surface area (Å²) in [5, 5.41) is 2.94. The maximum atomic E-state index is 12.5. The molecule has 0 atom stereocenters. The molecule has 0 saturated carbocycles. The first-order valence-corrected chi connectivity index (χ1v) is 7.19. The van der Waals surface area contributed by atoms with Gasteiger partial charge in [0.1, 0.15) is 17.4 Å². The monoisotopic (exact) mass is 285 g/mol. The van der Waals surface area contributed by atoms with Crippen molar-refractivity contribution in [1.82, 2.24) is 9.55 Å². The molecule has 1 aliphatic rings. The number of rotatable bonds is 3. The van der Waals surface area contributed by atoms with Gasteiger partial charge < -0.3 is 14.6 Å². The Bertz CT molecular complexity index is 676. The third-order valence-electron chi connectivity index (χ3n) is 3.81. The van der Waals surface area contributed by atoms with Crippen molar-refractivity contribution in [3.63, 3.8) is 0 Å². The molecule has 1 aromatic heterocycles. The van der Waals surface area contributed by atoms with E-state index in [0.29, 0.717) is 11.3 Å². The van der Waals surface area contributed by atoms with Crippen molar-refractivity contribution in [2.24, 2.45) is 0 Å². The van der Waals surface area contributed by atoms with Crippen LogP contribution in [0.3, 0.4) is 0 Å². The van der Waals surface area contributed by atoms with Crippen LogP contribution in [0.1, 0.15) is 34.6 Å². The largest absolute Gasteiger partial charge is 0.496 e. The van der Waals surface area contributed by atoms with Gasteiger partial charge in [-0.15, -0.1) is 0 Å². The molecule has 0 radical (unpaired) electrons. The zero-order chi connectivity index (χ0) is 14.8. The minimum atomic E-state index is -0.167. The summed E-state index contributed by atoms with van der Waals surface area (Å²) in [6, 6.07) is 5.56. The first-order chi connectivity index (χ1) is 10.2. The Morgan fingerprint density at radius 2 is 2.24 bits per heavy atom. The number of imidazole rings is 1. The topological polar surface area (TPSA) is 56.1 Å². The molecule has 1 aromatic carbocycles. The fraction of sp³-hybridized carbons (Fsp3) is 0.375. The fourth-order valence-corrected chi connectivity index (χ4v) is 2.69. The number of aryl methyl sites for hydroxylation is 2. The van der Waals surface area contributed by atoms with Gasteiger partial charge in [0.2, 0.25) is 0 Å². The molecule has 5 heteroatoms. The predicted octanol–water partition coefficient (Wildman–Crippen LogP) is 2.79. The number of methoxy groups -OCH3 is 1. The van der Waals surface area contributed by atoms with E-state index in [9.17, 15) is 4.79 Å². The maximum Gasteiger partial charge on any atom is 0.260 e. The smallest absolute Gasteiger partial charge is 0.260 e. The molecular weight excluding hydrogens is 266 g/mol. The summed E-state index contributed by atoms with van der Waals surface area (Å²) in [6.07, 6.45) is 5.00. The molecule has 1 amide bonds. The number of fused-ring (bicyclic) bond motifs is 1. The number of hydrogen-bond donors (Lipinski definition) is 1. The van der Waals surface area contributed by atoms with Gasteiger partial charge in [-0.05, 0) is 37.5 Å². The van der Waals surface area contributed by atoms with Gasteiger partial charge in [0, 0.05) is 13.0 Å². The summed E-state index contributed by atoms with van der Waals surface area (Å²) < 4.78 is 7.38. The normalized spacial score (nSPS) is 13.6. The molecule has 2 heterocycles. The van der Waals surface area contributed by atoms with Crippen LogP contribution in [-0.4, -0.2) is 22.6 Å². The Kier molecular flexibility index (Phi) is 3.64. The summed E-state index contributed by atoms with van der Waals surface area (Å²) >= 11 is 0. The van der Waals surface area contributed by atoms with Crippen LogP contribution < -0.4 is 10.1 Å². The second-order valence-electron chi connectivity index (χ2n) is 5.33. The lowest BCUT2D eigenvalue weighted by Crippen LogP contribution is -2.18. The average Bonchev–Trinajstić information content (AvgIpc) is 2.90. The van der Waals surface area contributed by atoms with Crippen molar-refractivity contribution >= 4 is 11.7 Å². The minimum absolute atomic E-state index is 0.167. The number of carbonyl (C=O) groups excluding carboxylic acids is 1. The third-order valence-corrected chi connectivity index (χ3v) is 3.81. The lowest BCUT2D eigenvalue weighted by atomic mass is 10.1. The summed E-state index contributed by atoms with van der Waals surface area (Å²) in [5.41, 5.74) is 1.60. The van der Waals surface area contributed by atoms with E-state index in [1.807, 2.05) is 19.1 Å². The Hall–Kier alpha value is -2.30. The number of aromatic nitrogens is 2. The van der Waals surface area contributed by atoms with Gasteiger partial charge >= 0.3 is 0 Å². The van der Waals surface area contributed by atoms with Crippen molar-refractivity contribution in [2.45, 2.75) is 32.7 Å². The highest BCUT2D eigenvalue weighted by molar-refractivity contribution is 6.05. The van der Waals surface area contributed by atoms with Gasteiger partial charge in [0.15, 0.2) is 0 Å². The molecule has 2 aromatic rings. The molecule has 0 unspecified atom stereocenters. The van der Waals surface area contributed by atoms with Crippen LogP contribution >= 0.6 is 0 Å². The van der Waals surface area contributed by atoms with E-state index >= 15 is 0 Å². The summed E-state index contributed by atoms with van der Waals surface area (Å²) in [7, 11) is 1.58. The lowest BCUT2D eigenvalue weighted by Gasteiger charge is -2.17. The lowest BCUT2D eigenvalue weighted by molar-refractivity contribution is 0.102. The number of hydrogen-bond acceptors (Lipinski definition) is 3. The maximum absolute atomic E-state index is 12.5. The Morgan fingerprint density at radius 3 is 3.05 bits per heavy atom. The summed E-state index contributed by atoms with van der Waals surface area (Å²) in [5.74, 6) is 2.23. The van der Waals surface area contributed by atoms with Crippen LogP contribution in [0.15, 0.2) is 24.4 Å². The molecule has 0 aliphatic carbocycles. The molecule has 110 valence electrons. The predicted molar refractivity (Wildman–Crippen MR) is 80.8 cm³/mol. The van der Waals surface area contributed by atoms with Crippen LogP contribution in [0.4, 0.5) is 5.82 Å². The molecule has 1 aliphatic heterocycles. The van der Waals surface area contributed by atoms with Crippen molar-refractivity contribution in [3.05, 3.63) is 41.3 Å². The van der Waals surface area contributed by atoms with E-state index in [-0.39, 0.29) is 5.91 Å². The molecule has 0 spiro atoms. The van der Waals surface area contributed by atoms with E-state index in [2.05, 4.69) is 14.9 Å². The number of benzene rings is 1. The highest BCUT2D eigenvalue weighted by Crippen LogP contribution is 2.23. The quantitative estimate of drug-likeness (QED) is 0.943. The van der Waals surface area contributed by atoms with E-state index < -0.39 is 0 Å². The zero-order valence-electron chi connectivity index (χ0n) is 12.3. The molecule has 0 fully saturated rings. The Labute approximate surface area is 124 Å². The van der Waals surface area contributed by atoms with E-state index in [0.717, 1.165) is 43.0 Å².